The molecule has 11 heteroatoms. The second kappa shape index (κ2) is 10.1. The van der Waals surface area contributed by atoms with Crippen LogP contribution in [-0.2, 0) is 0 Å². The fraction of sp³-hybridized carbons (Fsp3) is 0.250. The van der Waals surface area contributed by atoms with Gasteiger partial charge in [-0.1, -0.05) is 0 Å². The zero-order chi connectivity index (χ0) is 24.2. The van der Waals surface area contributed by atoms with E-state index < -0.39 is 0 Å². The predicted molar refractivity (Wildman–Crippen MR) is 135 cm³/mol. The fourth-order valence-corrected chi connectivity index (χ4v) is 4.66. The van der Waals surface area contributed by atoms with Crippen molar-refractivity contribution in [2.75, 3.05) is 50.6 Å². The van der Waals surface area contributed by atoms with Gasteiger partial charge in [-0.15, -0.1) is 11.3 Å². The van der Waals surface area contributed by atoms with E-state index in [1.165, 1.54) is 11.3 Å². The minimum Gasteiger partial charge on any atom is -0.493 e. The van der Waals surface area contributed by atoms with E-state index in [0.29, 0.717) is 33.6 Å². The molecule has 0 spiro atoms. The molecule has 10 nitrogen and oxygen atoms in total. The third-order valence-corrected chi connectivity index (χ3v) is 6.55. The van der Waals surface area contributed by atoms with E-state index >= 15 is 0 Å². The topological polar surface area (TPSA) is 106 Å². The average molecular weight is 492 g/mol. The highest BCUT2D eigenvalue weighted by Gasteiger charge is 2.19. The summed E-state index contributed by atoms with van der Waals surface area (Å²) in [6.07, 6.45) is 5.25. The Balaban J connectivity index is 1.33. The normalized spacial score (nSPS) is 13.5. The number of aromatic nitrogens is 4. The van der Waals surface area contributed by atoms with Crippen molar-refractivity contribution < 1.29 is 14.3 Å². The molecule has 0 radical (unpaired) electrons. The number of benzene rings is 1. The first kappa shape index (κ1) is 22.8. The van der Waals surface area contributed by atoms with Crippen LogP contribution in [0.1, 0.15) is 10.5 Å². The van der Waals surface area contributed by atoms with Gasteiger partial charge in [-0.05, 0) is 24.3 Å². The van der Waals surface area contributed by atoms with Crippen LogP contribution in [0.15, 0.2) is 54.3 Å². The van der Waals surface area contributed by atoms with Gasteiger partial charge in [-0.3, -0.25) is 9.78 Å². The summed E-state index contributed by atoms with van der Waals surface area (Å²) >= 11 is 1.37. The summed E-state index contributed by atoms with van der Waals surface area (Å²) in [4.78, 5) is 23.9. The summed E-state index contributed by atoms with van der Waals surface area (Å²) in [5.74, 6) is 0.981. The highest BCUT2D eigenvalue weighted by molar-refractivity contribution is 7.13. The fourth-order valence-electron chi connectivity index (χ4n) is 3.90. The lowest BCUT2D eigenvalue weighted by Gasteiger charge is -2.30. The molecule has 0 unspecified atom stereocenters. The zero-order valence-corrected chi connectivity index (χ0v) is 20.2. The molecule has 35 heavy (non-hydrogen) atoms. The molecule has 4 heterocycles. The van der Waals surface area contributed by atoms with Gasteiger partial charge >= 0.3 is 0 Å². The van der Waals surface area contributed by atoms with Gasteiger partial charge in [0.2, 0.25) is 0 Å². The molecule has 1 aliphatic heterocycles. The van der Waals surface area contributed by atoms with Gasteiger partial charge in [0.25, 0.3) is 5.91 Å². The number of anilines is 2. The second-order valence-electron chi connectivity index (χ2n) is 7.81. The highest BCUT2D eigenvalue weighted by Crippen LogP contribution is 2.30. The van der Waals surface area contributed by atoms with Crippen LogP contribution in [0.3, 0.4) is 0 Å². The Kier molecular flexibility index (Phi) is 6.59. The quantitative estimate of drug-likeness (QED) is 0.406. The zero-order valence-electron chi connectivity index (χ0n) is 19.4. The molecule has 1 fully saturated rings. The first-order valence-corrected chi connectivity index (χ1v) is 12.0. The molecule has 1 saturated heterocycles. The van der Waals surface area contributed by atoms with Crippen LogP contribution >= 0.6 is 11.3 Å². The Labute approximate surface area is 206 Å². The Bertz CT molecular complexity index is 1330. The number of amides is 1. The molecule has 1 amide bonds. The Morgan fingerprint density at radius 1 is 1.11 bits per heavy atom. The van der Waals surface area contributed by atoms with Crippen LogP contribution in [0.25, 0.3) is 16.4 Å². The number of ether oxygens (including phenoxy) is 2. The Morgan fingerprint density at radius 3 is 2.74 bits per heavy atom. The van der Waals surface area contributed by atoms with Gasteiger partial charge in [-0.2, -0.15) is 5.10 Å². The number of nitrogens with zero attached hydrogens (tertiary/aromatic N) is 5. The van der Waals surface area contributed by atoms with Crippen LogP contribution in [0.5, 0.6) is 11.5 Å². The van der Waals surface area contributed by atoms with Crippen molar-refractivity contribution in [3.8, 4) is 27.9 Å². The standard InChI is InChI=1S/C24H25N7O3S/c1-33-21-4-3-16(13-22(21)34-2)31-10-6-17(29-31)24-28-19(15-35-24)23(32)27-18-14-26-7-5-20(18)30-11-8-25-9-12-30/h3-7,10,13-15,25H,8-9,11-12H2,1-2H3,(H,27,32). The van der Waals surface area contributed by atoms with Gasteiger partial charge in [0.1, 0.15) is 16.4 Å². The molecule has 0 atom stereocenters. The monoisotopic (exact) mass is 491 g/mol. The van der Waals surface area contributed by atoms with Crippen molar-refractivity contribution in [2.24, 2.45) is 0 Å². The third kappa shape index (κ3) is 4.81. The summed E-state index contributed by atoms with van der Waals surface area (Å²) in [5, 5.41) is 13.3. The van der Waals surface area contributed by atoms with E-state index in [0.717, 1.165) is 37.6 Å². The largest absolute Gasteiger partial charge is 0.493 e. The number of hydrogen-bond acceptors (Lipinski definition) is 9. The molecule has 1 aliphatic rings. The number of carbonyl (C=O) groups excluding carboxylic acids is 1. The number of thiazole rings is 1. The van der Waals surface area contributed by atoms with Crippen LogP contribution in [0.4, 0.5) is 11.4 Å². The van der Waals surface area contributed by atoms with E-state index in [9.17, 15) is 4.79 Å². The first-order chi connectivity index (χ1) is 17.2. The average Bonchev–Trinajstić information content (AvgIpc) is 3.59. The first-order valence-electron chi connectivity index (χ1n) is 11.1. The Hall–Kier alpha value is -3.96. The molecule has 2 N–H and O–H groups in total. The van der Waals surface area contributed by atoms with E-state index in [1.54, 1.807) is 36.7 Å². The maximum Gasteiger partial charge on any atom is 0.275 e. The van der Waals surface area contributed by atoms with Crippen LogP contribution < -0.4 is 25.0 Å². The lowest BCUT2D eigenvalue weighted by molar-refractivity contribution is 0.102. The smallest absolute Gasteiger partial charge is 0.275 e. The molecule has 3 aromatic heterocycles. The van der Waals surface area contributed by atoms with Gasteiger partial charge in [0, 0.05) is 50.0 Å². The van der Waals surface area contributed by atoms with E-state index in [4.69, 9.17) is 9.47 Å². The lowest BCUT2D eigenvalue weighted by atomic mass is 10.2. The summed E-state index contributed by atoms with van der Waals surface area (Å²) in [7, 11) is 3.19. The van der Waals surface area contributed by atoms with Crippen molar-refractivity contribution in [2.45, 2.75) is 0 Å². The van der Waals surface area contributed by atoms with Crippen molar-refractivity contribution >= 4 is 28.6 Å². The van der Waals surface area contributed by atoms with Crippen molar-refractivity contribution in [1.29, 1.82) is 0 Å². The van der Waals surface area contributed by atoms with Crippen molar-refractivity contribution in [3.63, 3.8) is 0 Å². The summed E-state index contributed by atoms with van der Waals surface area (Å²) in [5.41, 5.74) is 3.46. The number of carbonyl (C=O) groups is 1. The number of piperazine rings is 1. The van der Waals surface area contributed by atoms with Crippen molar-refractivity contribution in [1.82, 2.24) is 25.1 Å². The van der Waals surface area contributed by atoms with Gasteiger partial charge in [-0.25, -0.2) is 9.67 Å². The van der Waals surface area contributed by atoms with Gasteiger partial charge < -0.3 is 25.0 Å². The molecular weight excluding hydrogens is 466 g/mol. The number of pyridine rings is 1. The maximum absolute atomic E-state index is 13.0. The van der Waals surface area contributed by atoms with Crippen molar-refractivity contribution in [3.05, 3.63) is 60.0 Å². The van der Waals surface area contributed by atoms with Crippen LogP contribution in [0.2, 0.25) is 0 Å². The molecule has 0 aliphatic carbocycles. The summed E-state index contributed by atoms with van der Waals surface area (Å²) in [6.45, 7) is 3.55. The van der Waals surface area contributed by atoms with E-state index in [2.05, 4.69) is 30.6 Å². The number of hydrogen-bond donors (Lipinski definition) is 2. The predicted octanol–water partition coefficient (Wildman–Crippen LogP) is 3.07. The minimum absolute atomic E-state index is 0.281. The second-order valence-corrected chi connectivity index (χ2v) is 8.66. The Morgan fingerprint density at radius 2 is 1.94 bits per heavy atom. The van der Waals surface area contributed by atoms with Gasteiger partial charge in [0.05, 0.1) is 37.5 Å². The highest BCUT2D eigenvalue weighted by atomic mass is 32.1. The number of nitrogens with one attached hydrogen (secondary N) is 2. The summed E-state index contributed by atoms with van der Waals surface area (Å²) < 4.78 is 12.4. The number of rotatable bonds is 7. The SMILES string of the molecule is COc1ccc(-n2ccc(-c3nc(C(=O)Nc4cnccc4N4CCNCC4)cs3)n2)cc1OC. The summed E-state index contributed by atoms with van der Waals surface area (Å²) in [6, 6.07) is 9.35. The molecule has 5 rings (SSSR count). The minimum atomic E-state index is -0.281. The molecule has 4 aromatic rings. The van der Waals surface area contributed by atoms with Crippen LogP contribution in [0, 0.1) is 0 Å². The molecule has 180 valence electrons. The van der Waals surface area contributed by atoms with Gasteiger partial charge in [0.15, 0.2) is 11.5 Å². The van der Waals surface area contributed by atoms with E-state index in [1.807, 2.05) is 36.5 Å². The molecular formula is C24H25N7O3S. The maximum atomic E-state index is 13.0. The molecule has 0 bridgehead atoms. The third-order valence-electron chi connectivity index (χ3n) is 5.68. The molecule has 0 saturated carbocycles. The lowest BCUT2D eigenvalue weighted by Crippen LogP contribution is -2.43. The number of methoxy groups -OCH3 is 2. The molecule has 1 aromatic carbocycles. The van der Waals surface area contributed by atoms with E-state index in [-0.39, 0.29) is 5.91 Å². The van der Waals surface area contributed by atoms with Crippen LogP contribution in [-0.4, -0.2) is 66.1 Å².